The number of halogens is 1. The van der Waals surface area contributed by atoms with Crippen LogP contribution >= 0.6 is 22.9 Å². The third kappa shape index (κ3) is 4.76. The topological polar surface area (TPSA) is 103 Å². The third-order valence-corrected chi connectivity index (χ3v) is 9.89. The average Bonchev–Trinajstić information content (AvgIpc) is 3.74. The first kappa shape index (κ1) is 27.7. The summed E-state index contributed by atoms with van der Waals surface area (Å²) in [4.78, 5) is 63.1. The van der Waals surface area contributed by atoms with Crippen LogP contribution in [0.5, 0.6) is 0 Å². The van der Waals surface area contributed by atoms with E-state index in [1.807, 2.05) is 30.3 Å². The van der Waals surface area contributed by atoms with Crippen LogP contribution in [0, 0.1) is 5.92 Å². The van der Waals surface area contributed by atoms with Crippen LogP contribution in [-0.4, -0.2) is 74.7 Å². The number of para-hydroxylation sites is 1. The van der Waals surface area contributed by atoms with Crippen LogP contribution in [0.4, 0.5) is 10.5 Å². The summed E-state index contributed by atoms with van der Waals surface area (Å²) in [6.45, 7) is 6.90. The number of anilines is 1. The second kappa shape index (κ2) is 10.7. The zero-order valence-corrected chi connectivity index (χ0v) is 24.7. The van der Waals surface area contributed by atoms with E-state index in [0.717, 1.165) is 11.1 Å². The maximum atomic E-state index is 13.9. The highest BCUT2D eigenvalue weighted by Gasteiger charge is 2.56. The number of fused-ring (bicyclic) bond motifs is 2. The maximum Gasteiger partial charge on any atom is 0.322 e. The Balaban J connectivity index is 1.18. The van der Waals surface area contributed by atoms with Gasteiger partial charge in [0.1, 0.15) is 11.6 Å². The summed E-state index contributed by atoms with van der Waals surface area (Å²) in [5.74, 6) is -1.08. The van der Waals surface area contributed by atoms with Gasteiger partial charge in [0, 0.05) is 18.8 Å². The van der Waals surface area contributed by atoms with E-state index < -0.39 is 30.0 Å². The molecule has 5 amide bonds. The molecule has 4 atom stereocenters. The molecule has 0 saturated carbocycles. The highest BCUT2D eigenvalue weighted by molar-refractivity contribution is 7.20. The van der Waals surface area contributed by atoms with Crippen molar-refractivity contribution in [3.63, 3.8) is 0 Å². The summed E-state index contributed by atoms with van der Waals surface area (Å²) < 4.78 is 0.774. The number of aromatic nitrogens is 1. The normalized spacial score (nSPS) is 24.0. The number of hydrogen-bond acceptors (Lipinski definition) is 6. The van der Waals surface area contributed by atoms with Crippen molar-refractivity contribution in [2.45, 2.75) is 64.1 Å². The molecule has 3 aliphatic rings. The molecule has 9 nitrogen and oxygen atoms in total. The lowest BCUT2D eigenvalue weighted by Crippen LogP contribution is -2.52. The molecule has 3 saturated heterocycles. The Labute approximate surface area is 247 Å². The first-order valence-electron chi connectivity index (χ1n) is 14.1. The molecule has 41 heavy (non-hydrogen) atoms. The Morgan fingerprint density at radius 3 is 2.51 bits per heavy atom. The van der Waals surface area contributed by atoms with Crippen molar-refractivity contribution in [1.82, 2.24) is 19.7 Å². The minimum atomic E-state index is -0.609. The van der Waals surface area contributed by atoms with Gasteiger partial charge in [-0.3, -0.25) is 19.3 Å². The molecule has 0 unspecified atom stereocenters. The summed E-state index contributed by atoms with van der Waals surface area (Å²) >= 11 is 7.47. The molecule has 214 valence electrons. The Morgan fingerprint density at radius 2 is 1.80 bits per heavy atom. The fourth-order valence-electron chi connectivity index (χ4n) is 6.43. The minimum Gasteiger partial charge on any atom is -0.335 e. The van der Waals surface area contributed by atoms with Crippen LogP contribution in [0.15, 0.2) is 42.5 Å². The van der Waals surface area contributed by atoms with Gasteiger partial charge in [-0.2, -0.15) is 0 Å². The van der Waals surface area contributed by atoms with Gasteiger partial charge in [0.15, 0.2) is 5.01 Å². The predicted molar refractivity (Wildman–Crippen MR) is 158 cm³/mol. The van der Waals surface area contributed by atoms with Crippen LogP contribution in [0.1, 0.15) is 61.3 Å². The smallest absolute Gasteiger partial charge is 0.322 e. The van der Waals surface area contributed by atoms with E-state index in [4.69, 9.17) is 11.6 Å². The van der Waals surface area contributed by atoms with Crippen molar-refractivity contribution < 1.29 is 19.2 Å². The summed E-state index contributed by atoms with van der Waals surface area (Å²) in [7, 11) is 0. The maximum absolute atomic E-state index is 13.9. The van der Waals surface area contributed by atoms with E-state index in [1.54, 1.807) is 28.9 Å². The van der Waals surface area contributed by atoms with E-state index in [-0.39, 0.29) is 22.9 Å². The molecule has 4 heterocycles. The molecule has 1 N–H and O–H groups in total. The summed E-state index contributed by atoms with van der Waals surface area (Å²) in [6, 6.07) is 11.3. The van der Waals surface area contributed by atoms with Crippen molar-refractivity contribution in [2.24, 2.45) is 5.92 Å². The second-order valence-corrected chi connectivity index (χ2v) is 12.8. The molecule has 0 bridgehead atoms. The fourth-order valence-corrected chi connectivity index (χ4v) is 7.64. The standard InChI is InChI=1S/C30H32ClN5O4S/c1-16(2)18-9-11-19(12-10-18)32-30(40)34-14-5-7-22(34)28(38)35-15-13-21-25(35)17(3)27(37)36(21)29(39)26-33-24-20(31)6-4-8-23(24)41-26/h4,6,8-12,16-17,21-22,25H,5,7,13-15H2,1-3H3,(H,32,40)/t17-,21-,22-,25+/m0/s1. The first-order valence-corrected chi connectivity index (χ1v) is 15.3. The molecule has 1 aromatic heterocycles. The van der Waals surface area contributed by atoms with Crippen molar-refractivity contribution in [2.75, 3.05) is 18.4 Å². The summed E-state index contributed by atoms with van der Waals surface area (Å²) in [5, 5.41) is 3.60. The Bertz CT molecular complexity index is 1540. The van der Waals surface area contributed by atoms with Crippen molar-refractivity contribution in [1.29, 1.82) is 0 Å². The molecule has 0 radical (unpaired) electrons. The number of nitrogens with zero attached hydrogens (tertiary/aromatic N) is 4. The lowest BCUT2D eigenvalue weighted by atomic mass is 10.0. The predicted octanol–water partition coefficient (Wildman–Crippen LogP) is 5.36. The molecule has 3 aromatic rings. The van der Waals surface area contributed by atoms with Crippen LogP contribution < -0.4 is 5.32 Å². The van der Waals surface area contributed by atoms with Crippen molar-refractivity contribution in [3.8, 4) is 0 Å². The largest absolute Gasteiger partial charge is 0.335 e. The number of carbonyl (C=O) groups excluding carboxylic acids is 4. The summed E-state index contributed by atoms with van der Waals surface area (Å²) in [5.41, 5.74) is 2.40. The zero-order chi connectivity index (χ0) is 29.0. The molecular formula is C30H32ClN5O4S. The second-order valence-electron chi connectivity index (χ2n) is 11.3. The zero-order valence-electron chi connectivity index (χ0n) is 23.2. The van der Waals surface area contributed by atoms with Gasteiger partial charge < -0.3 is 15.1 Å². The number of carbonyl (C=O) groups is 4. The number of rotatable bonds is 4. The number of nitrogens with one attached hydrogen (secondary N) is 1. The quantitative estimate of drug-likeness (QED) is 0.410. The number of likely N-dealkylation sites (tertiary alicyclic amines) is 3. The van der Waals surface area contributed by atoms with Crippen molar-refractivity contribution in [3.05, 3.63) is 58.1 Å². The van der Waals surface area contributed by atoms with Gasteiger partial charge in [0.05, 0.1) is 27.7 Å². The molecule has 0 aliphatic carbocycles. The Hall–Kier alpha value is -3.50. The number of hydrogen-bond donors (Lipinski definition) is 1. The Morgan fingerprint density at radius 1 is 1.05 bits per heavy atom. The van der Waals surface area contributed by atoms with Gasteiger partial charge in [-0.15, -0.1) is 11.3 Å². The third-order valence-electron chi connectivity index (χ3n) is 8.57. The van der Waals surface area contributed by atoms with E-state index in [9.17, 15) is 19.2 Å². The molecule has 3 aliphatic heterocycles. The van der Waals surface area contributed by atoms with Crippen LogP contribution in [0.25, 0.3) is 10.2 Å². The van der Waals surface area contributed by atoms with E-state index in [2.05, 4.69) is 24.1 Å². The molecule has 6 rings (SSSR count). The van der Waals surface area contributed by atoms with Crippen LogP contribution in [0.3, 0.4) is 0 Å². The van der Waals surface area contributed by atoms with Gasteiger partial charge in [-0.1, -0.05) is 50.6 Å². The SMILES string of the molecule is CC(C)c1ccc(NC(=O)N2CCC[C@H]2C(=O)N2CC[C@H]3[C@H]2[C@H](C)C(=O)N3C(=O)c2nc3c(Cl)cccc3s2)cc1. The molecule has 3 fully saturated rings. The number of thiazole rings is 1. The van der Waals surface area contributed by atoms with Crippen LogP contribution in [-0.2, 0) is 9.59 Å². The fraction of sp³-hybridized carbons (Fsp3) is 0.433. The van der Waals surface area contributed by atoms with E-state index in [1.165, 1.54) is 21.8 Å². The number of imide groups is 1. The van der Waals surface area contributed by atoms with Gasteiger partial charge in [-0.25, -0.2) is 9.78 Å². The molecule has 11 heteroatoms. The van der Waals surface area contributed by atoms with E-state index in [0.29, 0.717) is 48.1 Å². The van der Waals surface area contributed by atoms with Gasteiger partial charge in [0.2, 0.25) is 11.8 Å². The number of amides is 5. The first-order chi connectivity index (χ1) is 19.7. The molecule has 0 spiro atoms. The molecule has 2 aromatic carbocycles. The summed E-state index contributed by atoms with van der Waals surface area (Å²) in [6.07, 6.45) is 1.77. The number of benzene rings is 2. The van der Waals surface area contributed by atoms with E-state index >= 15 is 0 Å². The Kier molecular flexibility index (Phi) is 7.23. The highest BCUT2D eigenvalue weighted by Crippen LogP contribution is 2.39. The molecular weight excluding hydrogens is 562 g/mol. The minimum absolute atomic E-state index is 0.166. The van der Waals surface area contributed by atoms with Crippen LogP contribution in [0.2, 0.25) is 5.02 Å². The van der Waals surface area contributed by atoms with Gasteiger partial charge >= 0.3 is 6.03 Å². The lowest BCUT2D eigenvalue weighted by Gasteiger charge is -2.32. The highest BCUT2D eigenvalue weighted by atomic mass is 35.5. The monoisotopic (exact) mass is 593 g/mol. The lowest BCUT2D eigenvalue weighted by molar-refractivity contribution is -0.137. The number of urea groups is 1. The average molecular weight is 594 g/mol. The van der Waals surface area contributed by atoms with Gasteiger partial charge in [-0.05, 0) is 55.0 Å². The van der Waals surface area contributed by atoms with Crippen molar-refractivity contribution >= 4 is 62.6 Å². The van der Waals surface area contributed by atoms with Gasteiger partial charge in [0.25, 0.3) is 5.91 Å².